The summed E-state index contributed by atoms with van der Waals surface area (Å²) in [6.45, 7) is 8.09. The molecule has 2 N–H and O–H groups in total. The molecule has 1 amide bonds. The second kappa shape index (κ2) is 6.01. The van der Waals surface area contributed by atoms with Crippen molar-refractivity contribution in [3.8, 4) is 11.5 Å². The van der Waals surface area contributed by atoms with Crippen LogP contribution in [-0.4, -0.2) is 29.5 Å². The Labute approximate surface area is 158 Å². The van der Waals surface area contributed by atoms with Crippen molar-refractivity contribution in [3.63, 3.8) is 0 Å². The molecular weight excluding hydrogens is 345 g/mol. The van der Waals surface area contributed by atoms with Gasteiger partial charge in [-0.3, -0.25) is 5.32 Å². The third-order valence-electron chi connectivity index (χ3n) is 5.54. The summed E-state index contributed by atoms with van der Waals surface area (Å²) in [6, 6.07) is 11.2. The first-order valence-electron chi connectivity index (χ1n) is 8.94. The van der Waals surface area contributed by atoms with Crippen LogP contribution in [0.15, 0.2) is 36.4 Å². The fourth-order valence-corrected chi connectivity index (χ4v) is 3.36. The smallest absolute Gasteiger partial charge is 0.465 e. The van der Waals surface area contributed by atoms with Crippen LogP contribution in [0.2, 0.25) is 0 Å². The van der Waals surface area contributed by atoms with Crippen LogP contribution >= 0.6 is 0 Å². The Hall–Kier alpha value is -2.51. The van der Waals surface area contributed by atoms with Crippen molar-refractivity contribution in [1.82, 2.24) is 0 Å². The van der Waals surface area contributed by atoms with E-state index in [1.165, 1.54) is 0 Å². The zero-order chi connectivity index (χ0) is 19.4. The number of benzene rings is 2. The van der Waals surface area contributed by atoms with Crippen LogP contribution in [0.3, 0.4) is 0 Å². The zero-order valence-electron chi connectivity index (χ0n) is 15.8. The van der Waals surface area contributed by atoms with Gasteiger partial charge in [0.1, 0.15) is 11.5 Å². The molecule has 0 atom stereocenters. The summed E-state index contributed by atoms with van der Waals surface area (Å²) < 4.78 is 18.6. The minimum Gasteiger partial charge on any atom is -0.465 e. The molecule has 0 aromatic heterocycles. The second-order valence-corrected chi connectivity index (χ2v) is 7.96. The number of fused-ring (bicyclic) bond motifs is 2. The first-order chi connectivity index (χ1) is 12.7. The molecule has 0 saturated carbocycles. The molecule has 1 fully saturated rings. The quantitative estimate of drug-likeness (QED) is 0.675. The van der Waals surface area contributed by atoms with Gasteiger partial charge in [-0.1, -0.05) is 18.2 Å². The molecule has 140 valence electrons. The van der Waals surface area contributed by atoms with Gasteiger partial charge in [-0.2, -0.15) is 0 Å². The Morgan fingerprint density at radius 1 is 1.07 bits per heavy atom. The van der Waals surface area contributed by atoms with Crippen LogP contribution in [0.5, 0.6) is 11.5 Å². The normalized spacial score (nSPS) is 19.0. The maximum atomic E-state index is 10.9. The maximum Gasteiger partial charge on any atom is 0.498 e. The number of hydrogen-bond donors (Lipinski definition) is 2. The number of carbonyl (C=O) groups is 1. The highest BCUT2D eigenvalue weighted by molar-refractivity contribution is 6.63. The molecule has 0 spiro atoms. The number of hydrogen-bond acceptors (Lipinski definition) is 4. The fraction of sp³-hybridized carbons (Fsp3) is 0.350. The van der Waals surface area contributed by atoms with E-state index in [0.717, 1.165) is 22.3 Å². The van der Waals surface area contributed by atoms with E-state index >= 15 is 0 Å². The standard InChI is InChI=1S/C20H22BNO5/c1-19(2)20(3,4)27-21(26-19)15-7-5-6-12-10-13-11-14(22-18(23)24)8-9-16(13)25-17(12)15/h5-9,11,22H,10H2,1-4H3,(H,23,24). The molecule has 27 heavy (non-hydrogen) atoms. The van der Waals surface area contributed by atoms with Gasteiger partial charge in [0.15, 0.2) is 0 Å². The Morgan fingerprint density at radius 2 is 1.78 bits per heavy atom. The van der Waals surface area contributed by atoms with Gasteiger partial charge >= 0.3 is 13.2 Å². The summed E-state index contributed by atoms with van der Waals surface area (Å²) >= 11 is 0. The molecule has 0 unspecified atom stereocenters. The summed E-state index contributed by atoms with van der Waals surface area (Å²) in [5.41, 5.74) is 2.48. The van der Waals surface area contributed by atoms with Crippen molar-refractivity contribution < 1.29 is 23.9 Å². The van der Waals surface area contributed by atoms with E-state index in [1.54, 1.807) is 18.2 Å². The second-order valence-electron chi connectivity index (χ2n) is 7.96. The van der Waals surface area contributed by atoms with E-state index in [9.17, 15) is 4.79 Å². The zero-order valence-corrected chi connectivity index (χ0v) is 15.8. The third-order valence-corrected chi connectivity index (χ3v) is 5.54. The van der Waals surface area contributed by atoms with E-state index in [4.69, 9.17) is 19.2 Å². The summed E-state index contributed by atoms with van der Waals surface area (Å²) in [4.78, 5) is 10.9. The van der Waals surface area contributed by atoms with Crippen molar-refractivity contribution in [3.05, 3.63) is 47.5 Å². The number of anilines is 1. The van der Waals surface area contributed by atoms with Crippen LogP contribution in [0.1, 0.15) is 38.8 Å². The Kier molecular flexibility index (Phi) is 3.98. The van der Waals surface area contributed by atoms with Gasteiger partial charge in [0.25, 0.3) is 0 Å². The topological polar surface area (TPSA) is 77.0 Å². The maximum absolute atomic E-state index is 10.9. The van der Waals surface area contributed by atoms with Crippen molar-refractivity contribution in [1.29, 1.82) is 0 Å². The molecule has 2 aliphatic heterocycles. The molecule has 7 heteroatoms. The lowest BCUT2D eigenvalue weighted by molar-refractivity contribution is 0.00578. The number of carboxylic acid groups (broad SMARTS) is 1. The van der Waals surface area contributed by atoms with Gasteiger partial charge in [0.2, 0.25) is 0 Å². The van der Waals surface area contributed by atoms with Crippen molar-refractivity contribution in [2.75, 3.05) is 5.32 Å². The van der Waals surface area contributed by atoms with E-state index in [-0.39, 0.29) is 0 Å². The van der Waals surface area contributed by atoms with Crippen molar-refractivity contribution >= 4 is 24.4 Å². The van der Waals surface area contributed by atoms with Crippen LogP contribution in [0.4, 0.5) is 10.5 Å². The molecule has 1 saturated heterocycles. The monoisotopic (exact) mass is 367 g/mol. The molecule has 2 aromatic carbocycles. The van der Waals surface area contributed by atoms with Gasteiger partial charge < -0.3 is 19.2 Å². The van der Waals surface area contributed by atoms with Gasteiger partial charge in [-0.05, 0) is 51.5 Å². The van der Waals surface area contributed by atoms with E-state index in [1.807, 2.05) is 45.9 Å². The molecular formula is C20H22BNO5. The minimum absolute atomic E-state index is 0.426. The van der Waals surface area contributed by atoms with Crippen LogP contribution in [-0.2, 0) is 15.7 Å². The summed E-state index contributed by atoms with van der Waals surface area (Å²) in [5, 5.41) is 11.3. The number of rotatable bonds is 2. The van der Waals surface area contributed by atoms with Gasteiger partial charge in [-0.25, -0.2) is 4.79 Å². The highest BCUT2D eigenvalue weighted by atomic mass is 16.7. The SMILES string of the molecule is CC1(C)OB(c2cccc3c2Oc2ccc(NC(=O)O)cc2C3)OC1(C)C. The van der Waals surface area contributed by atoms with E-state index in [2.05, 4.69) is 5.32 Å². The predicted octanol–water partition coefficient (Wildman–Crippen LogP) is 3.77. The summed E-state index contributed by atoms with van der Waals surface area (Å²) in [5.74, 6) is 1.46. The van der Waals surface area contributed by atoms with Crippen LogP contribution in [0.25, 0.3) is 0 Å². The number of nitrogens with one attached hydrogen (secondary N) is 1. The Balaban J connectivity index is 1.67. The van der Waals surface area contributed by atoms with Crippen LogP contribution in [0, 0.1) is 0 Å². The van der Waals surface area contributed by atoms with E-state index in [0.29, 0.717) is 17.9 Å². The van der Waals surface area contributed by atoms with Crippen molar-refractivity contribution in [2.24, 2.45) is 0 Å². The molecule has 2 aliphatic rings. The van der Waals surface area contributed by atoms with Gasteiger partial charge in [-0.15, -0.1) is 0 Å². The molecule has 2 aromatic rings. The Bertz CT molecular complexity index is 909. The average Bonchev–Trinajstić information content (AvgIpc) is 2.79. The molecule has 2 heterocycles. The minimum atomic E-state index is -1.09. The molecule has 6 nitrogen and oxygen atoms in total. The largest absolute Gasteiger partial charge is 0.498 e. The van der Waals surface area contributed by atoms with Crippen molar-refractivity contribution in [2.45, 2.75) is 45.3 Å². The van der Waals surface area contributed by atoms with Gasteiger partial charge in [0, 0.05) is 23.1 Å². The number of para-hydroxylation sites is 1. The van der Waals surface area contributed by atoms with E-state index < -0.39 is 24.4 Å². The first kappa shape index (κ1) is 17.9. The first-order valence-corrected chi connectivity index (χ1v) is 8.94. The number of ether oxygens (including phenoxy) is 1. The summed E-state index contributed by atoms with van der Waals surface area (Å²) in [7, 11) is -0.501. The third kappa shape index (κ3) is 3.07. The molecule has 0 aliphatic carbocycles. The molecule has 0 bridgehead atoms. The molecule has 4 rings (SSSR count). The highest BCUT2D eigenvalue weighted by Gasteiger charge is 2.52. The molecule has 0 radical (unpaired) electrons. The Morgan fingerprint density at radius 3 is 2.44 bits per heavy atom. The lowest BCUT2D eigenvalue weighted by atomic mass is 9.76. The lowest BCUT2D eigenvalue weighted by Crippen LogP contribution is -2.41. The summed E-state index contributed by atoms with van der Waals surface area (Å²) in [6.07, 6.45) is -0.442. The van der Waals surface area contributed by atoms with Crippen LogP contribution < -0.4 is 15.5 Å². The number of amides is 1. The highest BCUT2D eigenvalue weighted by Crippen LogP contribution is 2.40. The predicted molar refractivity (Wildman–Crippen MR) is 103 cm³/mol. The fourth-order valence-electron chi connectivity index (χ4n) is 3.36. The van der Waals surface area contributed by atoms with Gasteiger partial charge in [0.05, 0.1) is 11.2 Å². The lowest BCUT2D eigenvalue weighted by Gasteiger charge is -2.32. The average molecular weight is 367 g/mol.